The molecular formula is C23H24ClN5O3. The van der Waals surface area contributed by atoms with Gasteiger partial charge in [0.05, 0.1) is 18.5 Å². The lowest BCUT2D eigenvalue weighted by molar-refractivity contribution is 0.0664. The summed E-state index contributed by atoms with van der Waals surface area (Å²) >= 11 is 6.04. The van der Waals surface area contributed by atoms with Crippen LogP contribution in [-0.4, -0.2) is 71.7 Å². The Morgan fingerprint density at radius 1 is 1.06 bits per heavy atom. The van der Waals surface area contributed by atoms with E-state index in [4.69, 9.17) is 16.3 Å². The molecule has 0 spiro atoms. The van der Waals surface area contributed by atoms with Crippen LogP contribution in [0.4, 0.5) is 5.69 Å². The second-order valence-electron chi connectivity index (χ2n) is 7.59. The van der Waals surface area contributed by atoms with Gasteiger partial charge in [-0.2, -0.15) is 5.10 Å². The lowest BCUT2D eigenvalue weighted by Crippen LogP contribution is -2.47. The van der Waals surface area contributed by atoms with E-state index in [0.717, 1.165) is 18.8 Å². The first-order chi connectivity index (χ1) is 15.4. The molecule has 2 amide bonds. The number of anilines is 1. The fraction of sp³-hybridized carbons (Fsp3) is 0.261. The number of hydrogen-bond acceptors (Lipinski definition) is 5. The molecule has 0 aliphatic carbocycles. The van der Waals surface area contributed by atoms with Crippen LogP contribution in [0.2, 0.25) is 5.02 Å². The van der Waals surface area contributed by atoms with E-state index in [1.54, 1.807) is 47.3 Å². The monoisotopic (exact) mass is 453 g/mol. The van der Waals surface area contributed by atoms with Gasteiger partial charge < -0.3 is 19.9 Å². The second kappa shape index (κ2) is 9.42. The van der Waals surface area contributed by atoms with E-state index >= 15 is 0 Å². The molecule has 1 aliphatic heterocycles. The van der Waals surface area contributed by atoms with Gasteiger partial charge >= 0.3 is 0 Å². The molecule has 166 valence electrons. The lowest BCUT2D eigenvalue weighted by atomic mass is 10.1. The first-order valence-corrected chi connectivity index (χ1v) is 10.6. The van der Waals surface area contributed by atoms with E-state index in [9.17, 15) is 9.59 Å². The van der Waals surface area contributed by atoms with Crippen molar-refractivity contribution < 1.29 is 14.3 Å². The van der Waals surface area contributed by atoms with Gasteiger partial charge in [-0.15, -0.1) is 0 Å². The molecule has 1 aromatic heterocycles. The van der Waals surface area contributed by atoms with Crippen LogP contribution >= 0.6 is 11.6 Å². The summed E-state index contributed by atoms with van der Waals surface area (Å²) in [6, 6.07) is 13.8. The minimum atomic E-state index is -0.409. The highest BCUT2D eigenvalue weighted by atomic mass is 35.5. The van der Waals surface area contributed by atoms with Crippen molar-refractivity contribution in [3.63, 3.8) is 0 Å². The molecule has 8 nitrogen and oxygen atoms in total. The number of benzene rings is 2. The highest BCUT2D eigenvalue weighted by Gasteiger charge is 2.22. The van der Waals surface area contributed by atoms with Gasteiger partial charge in [0.2, 0.25) is 0 Å². The minimum Gasteiger partial charge on any atom is -0.495 e. The summed E-state index contributed by atoms with van der Waals surface area (Å²) in [6.45, 7) is 3.01. The molecule has 1 fully saturated rings. The standard InChI is InChI=1S/C23H24ClN5O3/c1-27-10-12-28(13-11-27)23(31)16-6-7-21(32-2)20(14-16)25-22(30)19-8-9-29(26-19)18-5-3-4-17(24)15-18/h3-9,14-15H,10-13H2,1-2H3,(H,25,30). The maximum atomic E-state index is 12.9. The number of hydrogen-bond donors (Lipinski definition) is 1. The Kier molecular flexibility index (Phi) is 6.43. The summed E-state index contributed by atoms with van der Waals surface area (Å²) in [5, 5.41) is 7.73. The van der Waals surface area contributed by atoms with Crippen molar-refractivity contribution in [1.82, 2.24) is 19.6 Å². The molecule has 32 heavy (non-hydrogen) atoms. The van der Waals surface area contributed by atoms with Gasteiger partial charge in [-0.05, 0) is 49.5 Å². The van der Waals surface area contributed by atoms with Gasteiger partial charge in [-0.1, -0.05) is 17.7 Å². The van der Waals surface area contributed by atoms with Crippen molar-refractivity contribution in [3.05, 3.63) is 71.0 Å². The predicted molar refractivity (Wildman–Crippen MR) is 123 cm³/mol. The number of methoxy groups -OCH3 is 1. The van der Waals surface area contributed by atoms with Gasteiger partial charge in [0.15, 0.2) is 5.69 Å². The van der Waals surface area contributed by atoms with E-state index in [2.05, 4.69) is 15.3 Å². The normalized spacial score (nSPS) is 14.3. The summed E-state index contributed by atoms with van der Waals surface area (Å²) in [7, 11) is 3.55. The van der Waals surface area contributed by atoms with Crippen molar-refractivity contribution in [2.75, 3.05) is 45.7 Å². The molecule has 2 aromatic carbocycles. The van der Waals surface area contributed by atoms with Gasteiger partial charge in [-0.25, -0.2) is 4.68 Å². The largest absolute Gasteiger partial charge is 0.495 e. The average Bonchev–Trinajstić information content (AvgIpc) is 3.30. The zero-order chi connectivity index (χ0) is 22.7. The summed E-state index contributed by atoms with van der Waals surface area (Å²) in [5.41, 5.74) is 1.88. The van der Waals surface area contributed by atoms with Gasteiger partial charge in [0.1, 0.15) is 5.75 Å². The summed E-state index contributed by atoms with van der Waals surface area (Å²) in [6.07, 6.45) is 1.69. The molecule has 1 aliphatic rings. The van der Waals surface area contributed by atoms with E-state index in [1.807, 2.05) is 24.1 Å². The van der Waals surface area contributed by atoms with E-state index in [1.165, 1.54) is 7.11 Å². The number of nitrogens with zero attached hydrogens (tertiary/aromatic N) is 4. The van der Waals surface area contributed by atoms with Crippen LogP contribution in [0, 0.1) is 0 Å². The Morgan fingerprint density at radius 3 is 2.56 bits per heavy atom. The van der Waals surface area contributed by atoms with E-state index in [-0.39, 0.29) is 11.6 Å². The number of halogens is 1. The van der Waals surface area contributed by atoms with Crippen LogP contribution in [-0.2, 0) is 0 Å². The number of piperazine rings is 1. The number of aromatic nitrogens is 2. The topological polar surface area (TPSA) is 79.7 Å². The average molecular weight is 454 g/mol. The number of likely N-dealkylation sites (N-methyl/N-ethyl adjacent to an activating group) is 1. The fourth-order valence-electron chi connectivity index (χ4n) is 3.52. The Balaban J connectivity index is 1.52. The number of amides is 2. The number of rotatable bonds is 5. The smallest absolute Gasteiger partial charge is 0.276 e. The first kappa shape index (κ1) is 21.9. The maximum absolute atomic E-state index is 12.9. The molecule has 3 aromatic rings. The molecule has 2 heterocycles. The number of carbonyl (C=O) groups excluding carboxylic acids is 2. The van der Waals surface area contributed by atoms with Crippen molar-refractivity contribution in [3.8, 4) is 11.4 Å². The minimum absolute atomic E-state index is 0.0681. The van der Waals surface area contributed by atoms with Crippen LogP contribution in [0.3, 0.4) is 0 Å². The fourth-order valence-corrected chi connectivity index (χ4v) is 3.71. The van der Waals surface area contributed by atoms with Crippen LogP contribution in [0.5, 0.6) is 5.75 Å². The molecule has 1 saturated heterocycles. The summed E-state index contributed by atoms with van der Waals surface area (Å²) in [5.74, 6) is -0.0164. The zero-order valence-corrected chi connectivity index (χ0v) is 18.7. The molecule has 0 saturated carbocycles. The Hall–Kier alpha value is -3.36. The van der Waals surface area contributed by atoms with E-state index < -0.39 is 5.91 Å². The number of ether oxygens (including phenoxy) is 1. The molecule has 0 bridgehead atoms. The van der Waals surface area contributed by atoms with Crippen molar-refractivity contribution in [2.24, 2.45) is 0 Å². The maximum Gasteiger partial charge on any atom is 0.276 e. The molecule has 0 atom stereocenters. The third kappa shape index (κ3) is 4.76. The predicted octanol–water partition coefficient (Wildman–Crippen LogP) is 3.17. The Bertz CT molecular complexity index is 1140. The molecular weight excluding hydrogens is 430 g/mol. The molecule has 0 radical (unpaired) electrons. The van der Waals surface area contributed by atoms with Crippen molar-refractivity contribution >= 4 is 29.1 Å². The highest BCUT2D eigenvalue weighted by Crippen LogP contribution is 2.27. The van der Waals surface area contributed by atoms with Gasteiger partial charge in [0, 0.05) is 43.0 Å². The highest BCUT2D eigenvalue weighted by molar-refractivity contribution is 6.30. The lowest BCUT2D eigenvalue weighted by Gasteiger charge is -2.32. The summed E-state index contributed by atoms with van der Waals surface area (Å²) in [4.78, 5) is 29.8. The second-order valence-corrected chi connectivity index (χ2v) is 8.03. The van der Waals surface area contributed by atoms with Crippen molar-refractivity contribution in [2.45, 2.75) is 0 Å². The van der Waals surface area contributed by atoms with Gasteiger partial charge in [0.25, 0.3) is 11.8 Å². The van der Waals surface area contributed by atoms with Crippen LogP contribution < -0.4 is 10.1 Å². The first-order valence-electron chi connectivity index (χ1n) is 10.2. The molecule has 9 heteroatoms. The van der Waals surface area contributed by atoms with Gasteiger partial charge in [-0.3, -0.25) is 9.59 Å². The Labute approximate surface area is 191 Å². The van der Waals surface area contributed by atoms with Crippen molar-refractivity contribution in [1.29, 1.82) is 0 Å². The Morgan fingerprint density at radius 2 is 1.84 bits per heavy atom. The van der Waals surface area contributed by atoms with Crippen LogP contribution in [0.1, 0.15) is 20.8 Å². The van der Waals surface area contributed by atoms with Crippen LogP contribution in [0.15, 0.2) is 54.7 Å². The van der Waals surface area contributed by atoms with E-state index in [0.29, 0.717) is 35.1 Å². The quantitative estimate of drug-likeness (QED) is 0.641. The molecule has 4 rings (SSSR count). The zero-order valence-electron chi connectivity index (χ0n) is 17.9. The SMILES string of the molecule is COc1ccc(C(=O)N2CCN(C)CC2)cc1NC(=O)c1ccn(-c2cccc(Cl)c2)n1. The number of nitrogens with one attached hydrogen (secondary N) is 1. The molecule has 0 unspecified atom stereocenters. The third-order valence-corrected chi connectivity index (χ3v) is 5.61. The van der Waals surface area contributed by atoms with Crippen LogP contribution in [0.25, 0.3) is 5.69 Å². The summed E-state index contributed by atoms with van der Waals surface area (Å²) < 4.78 is 6.95. The molecule has 1 N–H and O–H groups in total. The third-order valence-electron chi connectivity index (χ3n) is 5.38. The number of carbonyl (C=O) groups is 2.